The Bertz CT molecular complexity index is 597. The molecule has 0 N–H and O–H groups in total. The van der Waals surface area contributed by atoms with Crippen molar-refractivity contribution in [2.24, 2.45) is 5.41 Å². The number of fused-ring (bicyclic) bond motifs is 5. The first-order valence-electron chi connectivity index (χ1n) is 8.09. The molecule has 3 atom stereocenters. The van der Waals surface area contributed by atoms with Crippen LogP contribution in [0.1, 0.15) is 49.8 Å². The lowest BCUT2D eigenvalue weighted by Gasteiger charge is -2.51. The van der Waals surface area contributed by atoms with E-state index in [9.17, 15) is 4.79 Å². The molecule has 1 saturated carbocycles. The molecule has 1 aromatic carbocycles. The number of methoxy groups -OCH3 is 1. The summed E-state index contributed by atoms with van der Waals surface area (Å²) < 4.78 is 5.36. The van der Waals surface area contributed by atoms with E-state index >= 15 is 0 Å². The van der Waals surface area contributed by atoms with E-state index in [1.165, 1.54) is 11.1 Å². The molecule has 1 aliphatic carbocycles. The molecule has 3 nitrogen and oxygen atoms in total. The zero-order chi connectivity index (χ0) is 14.6. The Hall–Kier alpha value is -1.35. The molecule has 112 valence electrons. The molecule has 1 aromatic rings. The monoisotopic (exact) mass is 285 g/mol. The zero-order valence-electron chi connectivity index (χ0n) is 12.9. The number of carbonyl (C=O) groups is 1. The van der Waals surface area contributed by atoms with Crippen LogP contribution in [0, 0.1) is 5.41 Å². The molecule has 0 bridgehead atoms. The Morgan fingerprint density at radius 1 is 1.29 bits per heavy atom. The number of carbonyl (C=O) groups excluding carboxylic acids is 1. The number of Topliss-reactive ketones (excluding diaryl/α,β-unsaturated/α-hetero) is 1. The van der Waals surface area contributed by atoms with Crippen LogP contribution >= 0.6 is 0 Å². The fourth-order valence-electron chi connectivity index (χ4n) is 4.86. The first-order chi connectivity index (χ1) is 10.1. The van der Waals surface area contributed by atoms with E-state index in [1.807, 2.05) is 0 Å². The van der Waals surface area contributed by atoms with Gasteiger partial charge in [-0.15, -0.1) is 0 Å². The van der Waals surface area contributed by atoms with Gasteiger partial charge in [0.2, 0.25) is 0 Å². The second-order valence-corrected chi connectivity index (χ2v) is 7.00. The SMILES string of the molecule is COc1ccc2c(c1)CCN1[C@@H]2CC[C@]2(C)C(=O)CC[C@H]12. The molecule has 4 rings (SSSR count). The molecule has 3 aliphatic rings. The number of nitrogens with zero attached hydrogens (tertiary/aromatic N) is 1. The average Bonchev–Trinajstić information content (AvgIpc) is 2.82. The van der Waals surface area contributed by atoms with Gasteiger partial charge in [-0.3, -0.25) is 9.69 Å². The van der Waals surface area contributed by atoms with Gasteiger partial charge in [0.25, 0.3) is 0 Å². The van der Waals surface area contributed by atoms with Crippen LogP contribution in [0.5, 0.6) is 5.75 Å². The third-order valence-corrected chi connectivity index (χ3v) is 6.10. The van der Waals surface area contributed by atoms with Gasteiger partial charge in [0.1, 0.15) is 11.5 Å². The Morgan fingerprint density at radius 2 is 2.14 bits per heavy atom. The van der Waals surface area contributed by atoms with E-state index in [4.69, 9.17) is 4.74 Å². The van der Waals surface area contributed by atoms with Crippen molar-refractivity contribution in [3.8, 4) is 5.75 Å². The van der Waals surface area contributed by atoms with E-state index in [1.54, 1.807) is 7.11 Å². The lowest BCUT2D eigenvalue weighted by Crippen LogP contribution is -2.53. The first-order valence-corrected chi connectivity index (χ1v) is 8.09. The highest BCUT2D eigenvalue weighted by molar-refractivity contribution is 5.87. The molecule has 0 radical (unpaired) electrons. The number of hydrogen-bond acceptors (Lipinski definition) is 3. The van der Waals surface area contributed by atoms with Gasteiger partial charge in [-0.1, -0.05) is 13.0 Å². The number of piperidine rings is 1. The summed E-state index contributed by atoms with van der Waals surface area (Å²) in [5, 5.41) is 0. The molecule has 2 aliphatic heterocycles. The Morgan fingerprint density at radius 3 is 2.95 bits per heavy atom. The molecule has 2 fully saturated rings. The fraction of sp³-hybridized carbons (Fsp3) is 0.611. The summed E-state index contributed by atoms with van der Waals surface area (Å²) in [6.07, 6.45) is 5.06. The molecule has 0 aromatic heterocycles. The maximum absolute atomic E-state index is 12.3. The van der Waals surface area contributed by atoms with Crippen LogP contribution in [0.2, 0.25) is 0 Å². The highest BCUT2D eigenvalue weighted by Crippen LogP contribution is 2.52. The van der Waals surface area contributed by atoms with Gasteiger partial charge in [0.05, 0.1) is 7.11 Å². The third kappa shape index (κ3) is 1.80. The summed E-state index contributed by atoms with van der Waals surface area (Å²) in [7, 11) is 1.73. The van der Waals surface area contributed by atoms with Crippen molar-refractivity contribution in [3.05, 3.63) is 29.3 Å². The number of ether oxygens (including phenoxy) is 1. The van der Waals surface area contributed by atoms with Gasteiger partial charge in [-0.05, 0) is 48.9 Å². The fourth-order valence-corrected chi connectivity index (χ4v) is 4.86. The molecule has 0 amide bonds. The Labute approximate surface area is 126 Å². The summed E-state index contributed by atoms with van der Waals surface area (Å²) in [5.74, 6) is 1.45. The van der Waals surface area contributed by atoms with Gasteiger partial charge in [0.15, 0.2) is 0 Å². The molecule has 0 spiro atoms. The van der Waals surface area contributed by atoms with Crippen molar-refractivity contribution in [1.29, 1.82) is 0 Å². The van der Waals surface area contributed by atoms with Crippen LogP contribution in [0.3, 0.4) is 0 Å². The molecule has 2 heterocycles. The maximum Gasteiger partial charge on any atom is 0.140 e. The van der Waals surface area contributed by atoms with Crippen LogP contribution in [0.15, 0.2) is 18.2 Å². The van der Waals surface area contributed by atoms with E-state index < -0.39 is 0 Å². The van der Waals surface area contributed by atoms with Crippen LogP contribution in [-0.4, -0.2) is 30.4 Å². The van der Waals surface area contributed by atoms with Crippen LogP contribution in [-0.2, 0) is 11.2 Å². The topological polar surface area (TPSA) is 29.5 Å². The Kier molecular flexibility index (Phi) is 2.90. The molecular formula is C18H23NO2. The standard InChI is InChI=1S/C18H23NO2/c1-18-9-7-15-14-4-3-13(21-2)11-12(14)8-10-19(15)16(18)5-6-17(18)20/h3-4,11,15-16H,5-10H2,1-2H3/t15-,16+,18+/m1/s1. The average molecular weight is 285 g/mol. The van der Waals surface area contributed by atoms with Crippen LogP contribution in [0.4, 0.5) is 0 Å². The lowest BCUT2D eigenvalue weighted by atomic mass is 9.71. The largest absolute Gasteiger partial charge is 0.497 e. The van der Waals surface area contributed by atoms with Crippen LogP contribution < -0.4 is 4.74 Å². The smallest absolute Gasteiger partial charge is 0.140 e. The quantitative estimate of drug-likeness (QED) is 0.794. The van der Waals surface area contributed by atoms with Crippen LogP contribution in [0.25, 0.3) is 0 Å². The van der Waals surface area contributed by atoms with E-state index in [0.717, 1.165) is 44.4 Å². The third-order valence-electron chi connectivity index (χ3n) is 6.10. The van der Waals surface area contributed by atoms with Gasteiger partial charge in [0, 0.05) is 30.5 Å². The molecular weight excluding hydrogens is 262 g/mol. The minimum Gasteiger partial charge on any atom is -0.497 e. The summed E-state index contributed by atoms with van der Waals surface area (Å²) in [6.45, 7) is 3.28. The van der Waals surface area contributed by atoms with Gasteiger partial charge in [-0.2, -0.15) is 0 Å². The molecule has 3 heteroatoms. The lowest BCUT2D eigenvalue weighted by molar-refractivity contribution is -0.130. The van der Waals surface area contributed by atoms with E-state index in [2.05, 4.69) is 30.0 Å². The number of rotatable bonds is 1. The molecule has 21 heavy (non-hydrogen) atoms. The second-order valence-electron chi connectivity index (χ2n) is 7.00. The normalized spacial score (nSPS) is 35.0. The van der Waals surface area contributed by atoms with Crippen molar-refractivity contribution in [3.63, 3.8) is 0 Å². The van der Waals surface area contributed by atoms with Gasteiger partial charge < -0.3 is 4.74 Å². The van der Waals surface area contributed by atoms with Gasteiger partial charge in [-0.25, -0.2) is 0 Å². The summed E-state index contributed by atoms with van der Waals surface area (Å²) in [6, 6.07) is 7.48. The maximum atomic E-state index is 12.3. The van der Waals surface area contributed by atoms with Crippen molar-refractivity contribution < 1.29 is 9.53 Å². The summed E-state index contributed by atoms with van der Waals surface area (Å²) in [5.41, 5.74) is 2.81. The highest BCUT2D eigenvalue weighted by Gasteiger charge is 2.53. The predicted molar refractivity (Wildman–Crippen MR) is 81.5 cm³/mol. The van der Waals surface area contributed by atoms with Crippen molar-refractivity contribution in [1.82, 2.24) is 4.90 Å². The second kappa shape index (κ2) is 4.57. The molecule has 1 saturated heterocycles. The van der Waals surface area contributed by atoms with E-state index in [-0.39, 0.29) is 5.41 Å². The first kappa shape index (κ1) is 13.3. The zero-order valence-corrected chi connectivity index (χ0v) is 12.9. The highest BCUT2D eigenvalue weighted by atomic mass is 16.5. The van der Waals surface area contributed by atoms with Crippen molar-refractivity contribution >= 4 is 5.78 Å². The number of benzene rings is 1. The van der Waals surface area contributed by atoms with Crippen molar-refractivity contribution in [2.45, 2.75) is 51.1 Å². The Balaban J connectivity index is 1.70. The number of ketones is 1. The minimum absolute atomic E-state index is 0.0829. The predicted octanol–water partition coefficient (Wildman–Crippen LogP) is 3.13. The number of hydrogen-bond donors (Lipinski definition) is 0. The van der Waals surface area contributed by atoms with Gasteiger partial charge >= 0.3 is 0 Å². The summed E-state index contributed by atoms with van der Waals surface area (Å²) in [4.78, 5) is 14.9. The minimum atomic E-state index is -0.0829. The summed E-state index contributed by atoms with van der Waals surface area (Å²) >= 11 is 0. The van der Waals surface area contributed by atoms with E-state index in [0.29, 0.717) is 17.9 Å². The van der Waals surface area contributed by atoms with Crippen molar-refractivity contribution in [2.75, 3.05) is 13.7 Å². The molecule has 0 unspecified atom stereocenters.